The Morgan fingerprint density at radius 1 is 1.33 bits per heavy atom. The molecule has 156 valence electrons. The number of hydrogen-bond donors (Lipinski definition) is 1. The zero-order chi connectivity index (χ0) is 20.7. The molecule has 7 nitrogen and oxygen atoms in total. The molecule has 1 aromatic carbocycles. The summed E-state index contributed by atoms with van der Waals surface area (Å²) < 4.78 is 7.54. The van der Waals surface area contributed by atoms with Crippen LogP contribution in [0.25, 0.3) is 0 Å². The van der Waals surface area contributed by atoms with Crippen LogP contribution in [0.4, 0.5) is 0 Å². The molecule has 6 atom stereocenters. The van der Waals surface area contributed by atoms with Crippen molar-refractivity contribution in [1.82, 2.24) is 20.3 Å². The van der Waals surface area contributed by atoms with Gasteiger partial charge in [0, 0.05) is 30.3 Å². The minimum Gasteiger partial charge on any atom is -0.381 e. The third-order valence-electron chi connectivity index (χ3n) is 7.23. The van der Waals surface area contributed by atoms with Gasteiger partial charge in [-0.3, -0.25) is 4.79 Å². The van der Waals surface area contributed by atoms with Crippen molar-refractivity contribution >= 4 is 5.91 Å². The summed E-state index contributed by atoms with van der Waals surface area (Å²) in [5.74, 6) is 2.21. The third-order valence-corrected chi connectivity index (χ3v) is 7.23. The van der Waals surface area contributed by atoms with Gasteiger partial charge in [-0.05, 0) is 67.7 Å². The second kappa shape index (κ2) is 7.84. The number of benzene rings is 1. The predicted octanol–water partition coefficient (Wildman–Crippen LogP) is 3.06. The van der Waals surface area contributed by atoms with Crippen LogP contribution < -0.4 is 5.32 Å². The molecule has 1 aromatic heterocycles. The van der Waals surface area contributed by atoms with E-state index in [4.69, 9.17) is 10.00 Å². The molecule has 1 saturated heterocycles. The van der Waals surface area contributed by atoms with E-state index in [2.05, 4.69) is 39.5 Å². The largest absolute Gasteiger partial charge is 0.381 e. The van der Waals surface area contributed by atoms with Gasteiger partial charge in [-0.1, -0.05) is 12.1 Å². The molecule has 2 heterocycles. The average Bonchev–Trinajstić information content (AvgIpc) is 3.31. The number of fused-ring (bicyclic) bond motifs is 1. The van der Waals surface area contributed by atoms with Gasteiger partial charge < -0.3 is 10.1 Å². The van der Waals surface area contributed by atoms with Crippen molar-refractivity contribution in [3.63, 3.8) is 0 Å². The van der Waals surface area contributed by atoms with E-state index >= 15 is 0 Å². The van der Waals surface area contributed by atoms with Crippen LogP contribution in [0.3, 0.4) is 0 Å². The molecule has 5 rings (SSSR count). The van der Waals surface area contributed by atoms with Crippen LogP contribution in [-0.4, -0.2) is 40.2 Å². The summed E-state index contributed by atoms with van der Waals surface area (Å²) in [6.45, 7) is 3.72. The summed E-state index contributed by atoms with van der Waals surface area (Å²) in [6.07, 6.45) is 6.31. The number of rotatable bonds is 6. The number of hydrogen-bond acceptors (Lipinski definition) is 5. The van der Waals surface area contributed by atoms with Crippen LogP contribution in [-0.2, 0) is 4.74 Å². The topological polar surface area (TPSA) is 92.8 Å². The van der Waals surface area contributed by atoms with Crippen LogP contribution in [0.15, 0.2) is 30.5 Å². The van der Waals surface area contributed by atoms with E-state index in [1.54, 1.807) is 24.3 Å². The van der Waals surface area contributed by atoms with Gasteiger partial charge in [-0.15, -0.1) is 5.10 Å². The lowest BCUT2D eigenvalue weighted by molar-refractivity contribution is 0.0926. The molecular weight excluding hydrogens is 378 g/mol. The monoisotopic (exact) mass is 405 g/mol. The number of aromatic nitrogens is 3. The first-order valence-corrected chi connectivity index (χ1v) is 11.0. The number of amides is 1. The molecule has 2 saturated carbocycles. The molecular formula is C23H27N5O2. The van der Waals surface area contributed by atoms with Gasteiger partial charge in [0.25, 0.3) is 5.91 Å². The van der Waals surface area contributed by atoms with Crippen molar-refractivity contribution in [2.45, 2.75) is 50.6 Å². The van der Waals surface area contributed by atoms with Crippen molar-refractivity contribution in [2.75, 3.05) is 13.2 Å². The number of carbonyl (C=O) groups excluding carboxylic acids is 1. The lowest BCUT2D eigenvalue weighted by Crippen LogP contribution is -2.37. The van der Waals surface area contributed by atoms with Gasteiger partial charge in [0.05, 0.1) is 30.0 Å². The zero-order valence-corrected chi connectivity index (χ0v) is 17.2. The molecule has 1 N–H and O–H groups in total. The molecule has 1 amide bonds. The summed E-state index contributed by atoms with van der Waals surface area (Å²) in [4.78, 5) is 12.7. The Morgan fingerprint density at radius 3 is 2.73 bits per heavy atom. The normalized spacial score (nSPS) is 30.5. The Balaban J connectivity index is 1.17. The Morgan fingerprint density at radius 2 is 2.10 bits per heavy atom. The van der Waals surface area contributed by atoms with Crippen molar-refractivity contribution in [3.8, 4) is 6.07 Å². The summed E-state index contributed by atoms with van der Waals surface area (Å²) in [6, 6.07) is 9.54. The zero-order valence-electron chi connectivity index (χ0n) is 17.2. The van der Waals surface area contributed by atoms with Crippen molar-refractivity contribution < 1.29 is 9.53 Å². The number of carbonyl (C=O) groups is 1. The van der Waals surface area contributed by atoms with E-state index in [0.29, 0.717) is 40.8 Å². The summed E-state index contributed by atoms with van der Waals surface area (Å²) in [7, 11) is 0. The molecule has 2 aliphatic carbocycles. The lowest BCUT2D eigenvalue weighted by Gasteiger charge is -2.21. The first-order valence-electron chi connectivity index (χ1n) is 11.0. The highest BCUT2D eigenvalue weighted by molar-refractivity contribution is 5.94. The SMILES string of the molecule is CC[C@@H](NC(=O)c1ccc(C#N)cc1)[C@H]1[C@@H]2C[C@@H](n3cc(C4CCOC4)nn3)C[C@@H]21. The lowest BCUT2D eigenvalue weighted by atomic mass is 9.99. The van der Waals surface area contributed by atoms with E-state index in [1.165, 1.54) is 0 Å². The Bertz CT molecular complexity index is 945. The fourth-order valence-electron chi connectivity index (χ4n) is 5.52. The molecule has 1 unspecified atom stereocenters. The number of ether oxygens (including phenoxy) is 1. The number of nitriles is 1. The second-order valence-corrected chi connectivity index (χ2v) is 8.89. The first-order chi connectivity index (χ1) is 14.7. The fourth-order valence-corrected chi connectivity index (χ4v) is 5.52. The summed E-state index contributed by atoms with van der Waals surface area (Å²) >= 11 is 0. The molecule has 7 heteroatoms. The van der Waals surface area contributed by atoms with Crippen molar-refractivity contribution in [2.24, 2.45) is 17.8 Å². The van der Waals surface area contributed by atoms with Gasteiger partial charge >= 0.3 is 0 Å². The number of nitrogens with one attached hydrogen (secondary N) is 1. The van der Waals surface area contributed by atoms with Gasteiger partial charge in [-0.25, -0.2) is 4.68 Å². The highest BCUT2D eigenvalue weighted by Crippen LogP contribution is 2.62. The Kier molecular flexibility index (Phi) is 5.03. The highest BCUT2D eigenvalue weighted by Gasteiger charge is 2.59. The molecule has 0 radical (unpaired) electrons. The Hall–Kier alpha value is -2.72. The van der Waals surface area contributed by atoms with E-state index in [9.17, 15) is 4.79 Å². The van der Waals surface area contributed by atoms with Crippen LogP contribution in [0, 0.1) is 29.1 Å². The third kappa shape index (κ3) is 3.50. The van der Waals surface area contributed by atoms with Crippen LogP contribution in [0.5, 0.6) is 0 Å². The molecule has 30 heavy (non-hydrogen) atoms. The molecule has 3 aliphatic rings. The molecule has 0 spiro atoms. The summed E-state index contributed by atoms with van der Waals surface area (Å²) in [5.41, 5.74) is 2.24. The first kappa shape index (κ1) is 19.3. The fraction of sp³-hybridized carbons (Fsp3) is 0.565. The molecule has 1 aliphatic heterocycles. The van der Waals surface area contributed by atoms with Gasteiger partial charge in [0.1, 0.15) is 0 Å². The minimum atomic E-state index is -0.0486. The van der Waals surface area contributed by atoms with E-state index in [-0.39, 0.29) is 11.9 Å². The summed E-state index contributed by atoms with van der Waals surface area (Å²) in [5, 5.41) is 21.0. The standard InChI is InChI=1S/C23H27N5O2/c1-2-20(25-23(29)15-5-3-14(11-24)4-6-15)22-18-9-17(10-19(18)22)28-12-21(26-27-28)16-7-8-30-13-16/h3-6,12,16-20,22H,2,7-10,13H2,1H3,(H,25,29)/t16?,17-,18-,19+,20-,22+/m1/s1. The van der Waals surface area contributed by atoms with Crippen LogP contribution in [0.1, 0.15) is 66.2 Å². The van der Waals surface area contributed by atoms with Crippen LogP contribution >= 0.6 is 0 Å². The maximum Gasteiger partial charge on any atom is 0.251 e. The smallest absolute Gasteiger partial charge is 0.251 e. The van der Waals surface area contributed by atoms with E-state index in [1.807, 2.05) is 0 Å². The van der Waals surface area contributed by atoms with Gasteiger partial charge in [-0.2, -0.15) is 5.26 Å². The molecule has 0 bridgehead atoms. The Labute approximate surface area is 176 Å². The predicted molar refractivity (Wildman–Crippen MR) is 110 cm³/mol. The maximum atomic E-state index is 12.7. The van der Waals surface area contributed by atoms with Crippen molar-refractivity contribution in [3.05, 3.63) is 47.3 Å². The quantitative estimate of drug-likeness (QED) is 0.797. The number of nitrogens with zero attached hydrogens (tertiary/aromatic N) is 4. The van der Waals surface area contributed by atoms with E-state index in [0.717, 1.165) is 44.6 Å². The molecule has 2 aromatic rings. The average molecular weight is 406 g/mol. The van der Waals surface area contributed by atoms with E-state index < -0.39 is 0 Å². The highest BCUT2D eigenvalue weighted by atomic mass is 16.5. The van der Waals surface area contributed by atoms with Crippen molar-refractivity contribution in [1.29, 1.82) is 5.26 Å². The van der Waals surface area contributed by atoms with Gasteiger partial charge in [0.15, 0.2) is 0 Å². The second-order valence-electron chi connectivity index (χ2n) is 8.89. The van der Waals surface area contributed by atoms with Crippen LogP contribution in [0.2, 0.25) is 0 Å². The maximum absolute atomic E-state index is 12.7. The van der Waals surface area contributed by atoms with Gasteiger partial charge in [0.2, 0.25) is 0 Å². The minimum absolute atomic E-state index is 0.0486. The molecule has 3 fully saturated rings.